The van der Waals surface area contributed by atoms with Gasteiger partial charge in [0.15, 0.2) is 0 Å². The van der Waals surface area contributed by atoms with Gasteiger partial charge < -0.3 is 4.90 Å². The zero-order chi connectivity index (χ0) is 34.2. The number of hydrogen-bond acceptors (Lipinski definition) is 1. The third-order valence-electron chi connectivity index (χ3n) is 10.2. The first-order valence-electron chi connectivity index (χ1n) is 17.4. The van der Waals surface area contributed by atoms with E-state index in [2.05, 4.69) is 227 Å². The monoisotopic (exact) mass is 715 g/mol. The van der Waals surface area contributed by atoms with Gasteiger partial charge >= 0.3 is 0 Å². The molecule has 0 aromatic heterocycles. The highest BCUT2D eigenvalue weighted by molar-refractivity contribution is 9.10. The van der Waals surface area contributed by atoms with E-state index in [1.807, 2.05) is 0 Å². The van der Waals surface area contributed by atoms with Crippen LogP contribution in [0.4, 0.5) is 17.1 Å². The third kappa shape index (κ3) is 5.23. The summed E-state index contributed by atoms with van der Waals surface area (Å²) in [6.45, 7) is 0. The molecule has 0 heterocycles. The van der Waals surface area contributed by atoms with E-state index in [1.165, 1.54) is 55.6 Å². The molecular formula is C49H34BrN. The Morgan fingerprint density at radius 2 is 0.784 bits per heavy atom. The summed E-state index contributed by atoms with van der Waals surface area (Å²) in [6.07, 6.45) is 0. The minimum Gasteiger partial charge on any atom is -0.310 e. The van der Waals surface area contributed by atoms with Gasteiger partial charge in [0.05, 0.1) is 11.1 Å². The standard InChI is InChI=1S/C49H34BrN/c50-45-33-34-46(47-43-23-13-14-24-44(43)49(48(45)47,39-19-9-3-10-20-39)40-21-11-4-12-22-40)51(41-29-25-37(26-30-41)35-15-5-1-6-16-35)42-31-27-38(28-32-42)36-17-7-2-8-18-36/h1-34H. The normalized spacial score (nSPS) is 12.6. The van der Waals surface area contributed by atoms with Gasteiger partial charge in [-0.15, -0.1) is 0 Å². The van der Waals surface area contributed by atoms with Crippen molar-refractivity contribution in [3.05, 3.63) is 233 Å². The van der Waals surface area contributed by atoms with Crippen LogP contribution in [0.2, 0.25) is 0 Å². The van der Waals surface area contributed by atoms with Crippen molar-refractivity contribution in [1.29, 1.82) is 0 Å². The summed E-state index contributed by atoms with van der Waals surface area (Å²) in [5.74, 6) is 0. The van der Waals surface area contributed by atoms with Crippen molar-refractivity contribution in [3.63, 3.8) is 0 Å². The maximum Gasteiger partial charge on any atom is 0.0725 e. The van der Waals surface area contributed by atoms with E-state index >= 15 is 0 Å². The number of anilines is 3. The lowest BCUT2D eigenvalue weighted by atomic mass is 9.67. The van der Waals surface area contributed by atoms with Crippen molar-refractivity contribution in [1.82, 2.24) is 0 Å². The van der Waals surface area contributed by atoms with Crippen LogP contribution in [0.15, 0.2) is 211 Å². The van der Waals surface area contributed by atoms with Gasteiger partial charge in [-0.25, -0.2) is 0 Å². The summed E-state index contributed by atoms with van der Waals surface area (Å²) < 4.78 is 1.09. The summed E-state index contributed by atoms with van der Waals surface area (Å²) in [7, 11) is 0. The van der Waals surface area contributed by atoms with Crippen molar-refractivity contribution in [2.75, 3.05) is 4.90 Å². The van der Waals surface area contributed by atoms with Gasteiger partial charge in [0.25, 0.3) is 0 Å². The largest absolute Gasteiger partial charge is 0.310 e. The first-order valence-corrected chi connectivity index (χ1v) is 18.2. The highest BCUT2D eigenvalue weighted by Gasteiger charge is 2.48. The molecule has 1 aliphatic carbocycles. The van der Waals surface area contributed by atoms with Crippen molar-refractivity contribution < 1.29 is 0 Å². The molecule has 0 saturated heterocycles. The molecule has 0 aliphatic heterocycles. The average molecular weight is 717 g/mol. The smallest absolute Gasteiger partial charge is 0.0725 e. The molecule has 0 saturated carbocycles. The zero-order valence-corrected chi connectivity index (χ0v) is 29.5. The van der Waals surface area contributed by atoms with Crippen LogP contribution >= 0.6 is 15.9 Å². The molecule has 0 atom stereocenters. The van der Waals surface area contributed by atoms with Crippen molar-refractivity contribution in [3.8, 4) is 33.4 Å². The number of halogens is 1. The summed E-state index contributed by atoms with van der Waals surface area (Å²) in [5, 5.41) is 0. The Labute approximate surface area is 308 Å². The third-order valence-corrected chi connectivity index (χ3v) is 10.9. The molecule has 0 spiro atoms. The minimum atomic E-state index is -0.525. The molecule has 0 unspecified atom stereocenters. The summed E-state index contributed by atoms with van der Waals surface area (Å²) in [6, 6.07) is 74.6. The van der Waals surface area contributed by atoms with Crippen LogP contribution in [-0.4, -0.2) is 0 Å². The van der Waals surface area contributed by atoms with Gasteiger partial charge in [-0.1, -0.05) is 186 Å². The number of hydrogen-bond donors (Lipinski definition) is 0. The SMILES string of the molecule is Brc1ccc(N(c2ccc(-c3ccccc3)cc2)c2ccc(-c3ccccc3)cc2)c2c1C(c1ccccc1)(c1ccccc1)c1ccccc1-2. The predicted molar refractivity (Wildman–Crippen MR) is 217 cm³/mol. The van der Waals surface area contributed by atoms with Crippen LogP contribution in [-0.2, 0) is 5.41 Å². The highest BCUT2D eigenvalue weighted by Crippen LogP contribution is 2.61. The molecule has 0 fully saturated rings. The molecule has 1 nitrogen and oxygen atoms in total. The van der Waals surface area contributed by atoms with Crippen molar-refractivity contribution in [2.24, 2.45) is 0 Å². The molecule has 0 N–H and O–H groups in total. The van der Waals surface area contributed by atoms with Gasteiger partial charge in [-0.3, -0.25) is 0 Å². The highest BCUT2D eigenvalue weighted by atomic mass is 79.9. The molecule has 8 aromatic rings. The van der Waals surface area contributed by atoms with Gasteiger partial charge in [0.1, 0.15) is 0 Å². The van der Waals surface area contributed by atoms with Gasteiger partial charge in [-0.05, 0) is 86.5 Å². The van der Waals surface area contributed by atoms with Crippen LogP contribution < -0.4 is 4.90 Å². The van der Waals surface area contributed by atoms with Crippen LogP contribution in [0.1, 0.15) is 22.3 Å². The number of nitrogens with zero attached hydrogens (tertiary/aromatic N) is 1. The van der Waals surface area contributed by atoms with Gasteiger partial charge in [0, 0.05) is 21.4 Å². The van der Waals surface area contributed by atoms with Gasteiger partial charge in [0.2, 0.25) is 0 Å². The number of rotatable bonds is 7. The molecule has 0 bridgehead atoms. The molecule has 8 aromatic carbocycles. The topological polar surface area (TPSA) is 3.24 Å². The Morgan fingerprint density at radius 1 is 0.373 bits per heavy atom. The van der Waals surface area contributed by atoms with Crippen LogP contribution in [0.25, 0.3) is 33.4 Å². The molecular weight excluding hydrogens is 682 g/mol. The Kier molecular flexibility index (Phi) is 7.95. The lowest BCUT2D eigenvalue weighted by Crippen LogP contribution is -2.29. The molecule has 2 heteroatoms. The number of fused-ring (bicyclic) bond motifs is 3. The van der Waals surface area contributed by atoms with E-state index < -0.39 is 5.41 Å². The van der Waals surface area contributed by atoms with E-state index in [9.17, 15) is 0 Å². The van der Waals surface area contributed by atoms with Crippen LogP contribution in [0.3, 0.4) is 0 Å². The maximum atomic E-state index is 4.12. The predicted octanol–water partition coefficient (Wildman–Crippen LogP) is 13.6. The van der Waals surface area contributed by atoms with Gasteiger partial charge in [-0.2, -0.15) is 0 Å². The van der Waals surface area contributed by atoms with E-state index in [0.29, 0.717) is 0 Å². The Morgan fingerprint density at radius 3 is 1.27 bits per heavy atom. The summed E-state index contributed by atoms with van der Waals surface area (Å²) >= 11 is 4.12. The van der Waals surface area contributed by atoms with Crippen LogP contribution in [0, 0.1) is 0 Å². The van der Waals surface area contributed by atoms with Crippen LogP contribution in [0.5, 0.6) is 0 Å². The lowest BCUT2D eigenvalue weighted by Gasteiger charge is -2.35. The molecule has 51 heavy (non-hydrogen) atoms. The zero-order valence-electron chi connectivity index (χ0n) is 28.0. The Balaban J connectivity index is 1.31. The fourth-order valence-corrected chi connectivity index (χ4v) is 8.62. The summed E-state index contributed by atoms with van der Waals surface area (Å²) in [5.41, 5.74) is 15.1. The fourth-order valence-electron chi connectivity index (χ4n) is 7.99. The molecule has 1 aliphatic rings. The Bertz CT molecular complexity index is 2320. The van der Waals surface area contributed by atoms with Crippen molar-refractivity contribution in [2.45, 2.75) is 5.41 Å². The average Bonchev–Trinajstić information content (AvgIpc) is 3.54. The second-order valence-corrected chi connectivity index (χ2v) is 13.9. The maximum absolute atomic E-state index is 4.12. The van der Waals surface area contributed by atoms with E-state index in [-0.39, 0.29) is 0 Å². The Hall–Kier alpha value is -5.96. The molecule has 0 amide bonds. The quantitative estimate of drug-likeness (QED) is 0.159. The van der Waals surface area contributed by atoms with E-state index in [0.717, 1.165) is 21.5 Å². The summed E-state index contributed by atoms with van der Waals surface area (Å²) in [4.78, 5) is 2.43. The molecule has 9 rings (SSSR count). The first kappa shape index (κ1) is 31.1. The lowest BCUT2D eigenvalue weighted by molar-refractivity contribution is 0.764. The van der Waals surface area contributed by atoms with E-state index in [1.54, 1.807) is 0 Å². The molecule has 0 radical (unpaired) electrons. The second kappa shape index (κ2) is 13.1. The number of benzene rings is 8. The minimum absolute atomic E-state index is 0.525. The fraction of sp³-hybridized carbons (Fsp3) is 0.0204. The first-order chi connectivity index (χ1) is 25.2. The molecule has 242 valence electrons. The van der Waals surface area contributed by atoms with E-state index in [4.69, 9.17) is 0 Å². The second-order valence-electron chi connectivity index (χ2n) is 13.0. The van der Waals surface area contributed by atoms with Crippen molar-refractivity contribution >= 4 is 33.0 Å².